The Morgan fingerprint density at radius 1 is 1.06 bits per heavy atom. The summed E-state index contributed by atoms with van der Waals surface area (Å²) in [7, 11) is 0. The predicted molar refractivity (Wildman–Crippen MR) is 131 cm³/mol. The van der Waals surface area contributed by atoms with Crippen LogP contribution < -0.4 is 10.6 Å². The summed E-state index contributed by atoms with van der Waals surface area (Å²) in [6, 6.07) is 16.9. The lowest BCUT2D eigenvalue weighted by Gasteiger charge is -2.19. The molecule has 0 bridgehead atoms. The highest BCUT2D eigenvalue weighted by atomic mass is 32.1. The van der Waals surface area contributed by atoms with Crippen LogP contribution in [-0.4, -0.2) is 21.0 Å². The largest absolute Gasteiger partial charge is 0.434 e. The van der Waals surface area contributed by atoms with Crippen LogP contribution in [0.5, 0.6) is 0 Å². The van der Waals surface area contributed by atoms with Gasteiger partial charge in [0.15, 0.2) is 16.3 Å². The molecule has 4 aromatic rings. The average Bonchev–Trinajstić information content (AvgIpc) is 3.19. The van der Waals surface area contributed by atoms with Gasteiger partial charge in [-0.05, 0) is 78.1 Å². The number of rotatable bonds is 3. The van der Waals surface area contributed by atoms with Gasteiger partial charge >= 0.3 is 0 Å². The summed E-state index contributed by atoms with van der Waals surface area (Å²) in [5.41, 5.74) is 5.52. The summed E-state index contributed by atoms with van der Waals surface area (Å²) in [4.78, 5) is 21.2. The van der Waals surface area contributed by atoms with Crippen LogP contribution in [-0.2, 0) is 5.41 Å². The normalized spacial score (nSPS) is 11.4. The zero-order valence-electron chi connectivity index (χ0n) is 18.4. The van der Waals surface area contributed by atoms with E-state index in [1.165, 1.54) is 5.56 Å². The van der Waals surface area contributed by atoms with Crippen LogP contribution in [0.25, 0.3) is 22.7 Å². The number of aromatic nitrogens is 2. The molecule has 0 aliphatic rings. The number of carbonyl (C=O) groups is 1. The highest BCUT2D eigenvalue weighted by Gasteiger charge is 2.15. The number of carbonyl (C=O) groups excluding carboxylic acids is 1. The van der Waals surface area contributed by atoms with Gasteiger partial charge in [0.25, 0.3) is 5.91 Å². The van der Waals surface area contributed by atoms with Crippen LogP contribution in [0.4, 0.5) is 5.69 Å². The fourth-order valence-corrected chi connectivity index (χ4v) is 3.48. The number of oxazole rings is 1. The second kappa shape index (κ2) is 8.51. The first kappa shape index (κ1) is 21.6. The lowest BCUT2D eigenvalue weighted by Crippen LogP contribution is -2.34. The number of nitrogens with zero attached hydrogens (tertiary/aromatic N) is 2. The predicted octanol–water partition coefficient (Wildman–Crippen LogP) is 5.62. The first-order valence-electron chi connectivity index (χ1n) is 10.3. The zero-order chi connectivity index (χ0) is 22.9. The summed E-state index contributed by atoms with van der Waals surface area (Å²) in [5.74, 6) is 0.249. The smallest absolute Gasteiger partial charge is 0.257 e. The molecule has 0 radical (unpaired) electrons. The fraction of sp³-hybridized carbons (Fsp3) is 0.200. The number of anilines is 1. The second-order valence-corrected chi connectivity index (χ2v) is 9.02. The molecular formula is C25H24N4O2S. The van der Waals surface area contributed by atoms with Crippen molar-refractivity contribution in [2.75, 3.05) is 5.32 Å². The van der Waals surface area contributed by atoms with Crippen molar-refractivity contribution in [1.82, 2.24) is 15.3 Å². The minimum atomic E-state index is -0.254. The topological polar surface area (TPSA) is 80.1 Å². The SMILES string of the molecule is Cc1cc(-c2nc3ncccc3o2)ccc1NC(=S)NC(=O)c1ccc(C(C)(C)C)cc1. The minimum Gasteiger partial charge on any atom is -0.434 e. The Labute approximate surface area is 192 Å². The lowest BCUT2D eigenvalue weighted by atomic mass is 9.87. The van der Waals surface area contributed by atoms with Crippen LogP contribution in [0.15, 0.2) is 65.2 Å². The second-order valence-electron chi connectivity index (χ2n) is 8.61. The maximum Gasteiger partial charge on any atom is 0.257 e. The van der Waals surface area contributed by atoms with E-state index in [-0.39, 0.29) is 16.4 Å². The number of aryl methyl sites for hydroxylation is 1. The molecule has 0 spiro atoms. The maximum absolute atomic E-state index is 12.6. The van der Waals surface area contributed by atoms with Crippen LogP contribution >= 0.6 is 12.2 Å². The summed E-state index contributed by atoms with van der Waals surface area (Å²) in [6.45, 7) is 8.35. The maximum atomic E-state index is 12.6. The van der Waals surface area contributed by atoms with E-state index in [9.17, 15) is 4.79 Å². The van der Waals surface area contributed by atoms with E-state index < -0.39 is 0 Å². The Kier molecular flexibility index (Phi) is 5.76. The van der Waals surface area contributed by atoms with E-state index in [0.717, 1.165) is 16.8 Å². The van der Waals surface area contributed by atoms with Gasteiger partial charge in [-0.15, -0.1) is 0 Å². The molecule has 162 valence electrons. The number of pyridine rings is 1. The molecule has 0 atom stereocenters. The molecule has 0 aliphatic carbocycles. The van der Waals surface area contributed by atoms with E-state index >= 15 is 0 Å². The van der Waals surface area contributed by atoms with Crippen LogP contribution in [0.2, 0.25) is 0 Å². The van der Waals surface area contributed by atoms with Crippen molar-refractivity contribution in [2.45, 2.75) is 33.1 Å². The first-order valence-corrected chi connectivity index (χ1v) is 10.7. The van der Waals surface area contributed by atoms with Gasteiger partial charge in [-0.2, -0.15) is 4.98 Å². The van der Waals surface area contributed by atoms with Crippen LogP contribution in [0, 0.1) is 6.92 Å². The lowest BCUT2D eigenvalue weighted by molar-refractivity contribution is 0.0977. The number of hydrogen-bond donors (Lipinski definition) is 2. The number of amides is 1. The van der Waals surface area contributed by atoms with Crippen molar-refractivity contribution < 1.29 is 9.21 Å². The quantitative estimate of drug-likeness (QED) is 0.399. The van der Waals surface area contributed by atoms with E-state index in [4.69, 9.17) is 16.6 Å². The molecule has 0 saturated carbocycles. The fourth-order valence-electron chi connectivity index (χ4n) is 3.28. The van der Waals surface area contributed by atoms with Crippen molar-refractivity contribution in [2.24, 2.45) is 0 Å². The molecule has 0 fully saturated rings. The molecule has 0 unspecified atom stereocenters. The van der Waals surface area contributed by atoms with Crippen molar-refractivity contribution in [1.29, 1.82) is 0 Å². The van der Waals surface area contributed by atoms with Gasteiger partial charge in [-0.1, -0.05) is 32.9 Å². The minimum absolute atomic E-state index is 0.0317. The average molecular weight is 445 g/mol. The number of thiocarbonyl (C=S) groups is 1. The molecule has 2 heterocycles. The molecule has 7 heteroatoms. The third kappa shape index (κ3) is 4.68. The summed E-state index contributed by atoms with van der Waals surface area (Å²) in [6.07, 6.45) is 1.68. The molecule has 2 aromatic heterocycles. The first-order chi connectivity index (χ1) is 15.2. The van der Waals surface area contributed by atoms with Gasteiger partial charge in [-0.25, -0.2) is 4.98 Å². The monoisotopic (exact) mass is 444 g/mol. The van der Waals surface area contributed by atoms with E-state index in [0.29, 0.717) is 22.7 Å². The molecule has 1 amide bonds. The Balaban J connectivity index is 1.43. The molecule has 0 aliphatic heterocycles. The van der Waals surface area contributed by atoms with Crippen molar-refractivity contribution >= 4 is 40.2 Å². The van der Waals surface area contributed by atoms with Crippen LogP contribution in [0.3, 0.4) is 0 Å². The molecule has 2 aromatic carbocycles. The number of benzene rings is 2. The highest BCUT2D eigenvalue weighted by Crippen LogP contribution is 2.27. The van der Waals surface area contributed by atoms with Gasteiger partial charge in [-0.3, -0.25) is 10.1 Å². The van der Waals surface area contributed by atoms with Crippen molar-refractivity contribution in [3.05, 3.63) is 77.5 Å². The number of hydrogen-bond acceptors (Lipinski definition) is 5. The highest BCUT2D eigenvalue weighted by molar-refractivity contribution is 7.80. The van der Waals surface area contributed by atoms with Crippen molar-refractivity contribution in [3.8, 4) is 11.5 Å². The summed E-state index contributed by atoms with van der Waals surface area (Å²) < 4.78 is 5.78. The third-order valence-corrected chi connectivity index (χ3v) is 5.33. The molecule has 2 N–H and O–H groups in total. The van der Waals surface area contributed by atoms with Gasteiger partial charge < -0.3 is 9.73 Å². The summed E-state index contributed by atoms with van der Waals surface area (Å²) in [5, 5.41) is 6.06. The number of nitrogens with one attached hydrogen (secondary N) is 2. The molecule has 4 rings (SSSR count). The molecule has 6 nitrogen and oxygen atoms in total. The molecular weight excluding hydrogens is 420 g/mol. The molecule has 0 saturated heterocycles. The number of fused-ring (bicyclic) bond motifs is 1. The Hall–Kier alpha value is -3.58. The Morgan fingerprint density at radius 2 is 1.81 bits per heavy atom. The van der Waals surface area contributed by atoms with Crippen LogP contribution in [0.1, 0.15) is 42.3 Å². The molecule has 32 heavy (non-hydrogen) atoms. The van der Waals surface area contributed by atoms with Crippen molar-refractivity contribution in [3.63, 3.8) is 0 Å². The Morgan fingerprint density at radius 3 is 2.47 bits per heavy atom. The van der Waals surface area contributed by atoms with Gasteiger partial charge in [0, 0.05) is 23.0 Å². The zero-order valence-corrected chi connectivity index (χ0v) is 19.2. The van der Waals surface area contributed by atoms with E-state index in [2.05, 4.69) is 41.4 Å². The standard InChI is InChI=1S/C25H24N4O2S/c1-15-14-17(23-28-21-20(31-23)6-5-13-26-21)9-12-19(15)27-24(32)29-22(30)16-7-10-18(11-8-16)25(2,3)4/h5-14H,1-4H3,(H2,27,29,30,32). The van der Waals surface area contributed by atoms with E-state index in [1.807, 2.05) is 61.5 Å². The van der Waals surface area contributed by atoms with Gasteiger partial charge in [0.2, 0.25) is 5.89 Å². The Bertz CT molecular complexity index is 1270. The third-order valence-electron chi connectivity index (χ3n) is 5.13. The summed E-state index contributed by atoms with van der Waals surface area (Å²) >= 11 is 5.34. The van der Waals surface area contributed by atoms with Gasteiger partial charge in [0.1, 0.15) is 0 Å². The van der Waals surface area contributed by atoms with Gasteiger partial charge in [0.05, 0.1) is 0 Å². The van der Waals surface area contributed by atoms with E-state index in [1.54, 1.807) is 6.20 Å².